The van der Waals surface area contributed by atoms with Crippen molar-refractivity contribution in [2.24, 2.45) is 0 Å². The molecule has 8 heteroatoms. The molecule has 0 saturated carbocycles. The normalized spacial score (nSPS) is 10.5. The maximum Gasteiger partial charge on any atom is 0.251 e. The van der Waals surface area contributed by atoms with Crippen molar-refractivity contribution in [3.63, 3.8) is 0 Å². The molecule has 1 aromatic carbocycles. The average molecular weight is 315 g/mol. The fourth-order valence-corrected chi connectivity index (χ4v) is 1.96. The molecule has 0 spiro atoms. The highest BCUT2D eigenvalue weighted by Crippen LogP contribution is 2.12. The lowest BCUT2D eigenvalue weighted by Gasteiger charge is -2.03. The molecule has 2 heterocycles. The fraction of sp³-hybridized carbons (Fsp3) is 0.0667. The van der Waals surface area contributed by atoms with Gasteiger partial charge in [-0.2, -0.15) is 5.10 Å². The molecule has 0 unspecified atom stereocenters. The largest absolute Gasteiger partial charge is 0.345 e. The van der Waals surface area contributed by atoms with Crippen LogP contribution >= 0.6 is 0 Å². The van der Waals surface area contributed by atoms with Crippen molar-refractivity contribution < 1.29 is 13.6 Å². The SMILES string of the molecule is O=C(NCc1nc(-c2ccncc2)n[nH]1)c1cc(F)cc(F)c1. The summed E-state index contributed by atoms with van der Waals surface area (Å²) in [6, 6.07) is 6.12. The molecule has 0 saturated heterocycles. The highest BCUT2D eigenvalue weighted by atomic mass is 19.1. The van der Waals surface area contributed by atoms with Crippen LogP contribution in [-0.4, -0.2) is 26.1 Å². The van der Waals surface area contributed by atoms with Crippen LogP contribution in [0.2, 0.25) is 0 Å². The van der Waals surface area contributed by atoms with Crippen LogP contribution in [0.15, 0.2) is 42.7 Å². The highest BCUT2D eigenvalue weighted by molar-refractivity contribution is 5.94. The zero-order chi connectivity index (χ0) is 16.2. The van der Waals surface area contributed by atoms with Gasteiger partial charge in [0.15, 0.2) is 5.82 Å². The lowest BCUT2D eigenvalue weighted by Crippen LogP contribution is -2.23. The quantitative estimate of drug-likeness (QED) is 0.772. The Hall–Kier alpha value is -3.16. The second-order valence-electron chi connectivity index (χ2n) is 4.68. The number of hydrogen-bond acceptors (Lipinski definition) is 4. The Kier molecular flexibility index (Phi) is 4.05. The van der Waals surface area contributed by atoms with Crippen LogP contribution < -0.4 is 5.32 Å². The summed E-state index contributed by atoms with van der Waals surface area (Å²) in [5.74, 6) is -1.34. The van der Waals surface area contributed by atoms with Crippen molar-refractivity contribution in [3.8, 4) is 11.4 Å². The number of aromatic amines is 1. The molecule has 0 aliphatic rings. The summed E-state index contributed by atoms with van der Waals surface area (Å²) in [6.07, 6.45) is 3.23. The second-order valence-corrected chi connectivity index (χ2v) is 4.68. The third-order valence-electron chi connectivity index (χ3n) is 3.01. The molecule has 3 rings (SSSR count). The van der Waals surface area contributed by atoms with Gasteiger partial charge in [-0.1, -0.05) is 0 Å². The van der Waals surface area contributed by atoms with Crippen LogP contribution in [0.1, 0.15) is 16.2 Å². The first-order valence-corrected chi connectivity index (χ1v) is 6.68. The molecule has 1 amide bonds. The van der Waals surface area contributed by atoms with Crippen LogP contribution in [0, 0.1) is 11.6 Å². The Morgan fingerprint density at radius 1 is 1.13 bits per heavy atom. The van der Waals surface area contributed by atoms with E-state index in [1.165, 1.54) is 0 Å². The molecular formula is C15H11F2N5O. The van der Waals surface area contributed by atoms with Crippen molar-refractivity contribution in [1.82, 2.24) is 25.5 Å². The first kappa shape index (κ1) is 14.8. The number of amides is 1. The van der Waals surface area contributed by atoms with Gasteiger partial charge in [-0.25, -0.2) is 13.8 Å². The van der Waals surface area contributed by atoms with Gasteiger partial charge in [0.25, 0.3) is 5.91 Å². The van der Waals surface area contributed by atoms with E-state index in [0.717, 1.165) is 17.7 Å². The van der Waals surface area contributed by atoms with Crippen LogP contribution in [-0.2, 0) is 6.54 Å². The summed E-state index contributed by atoms with van der Waals surface area (Å²) in [6.45, 7) is 0.0506. The van der Waals surface area contributed by atoms with Crippen molar-refractivity contribution in [2.45, 2.75) is 6.54 Å². The van der Waals surface area contributed by atoms with E-state index in [4.69, 9.17) is 0 Å². The van der Waals surface area contributed by atoms with E-state index >= 15 is 0 Å². The third kappa shape index (κ3) is 3.54. The van der Waals surface area contributed by atoms with Crippen molar-refractivity contribution in [2.75, 3.05) is 0 Å². The monoisotopic (exact) mass is 315 g/mol. The van der Waals surface area contributed by atoms with Gasteiger partial charge in [0.2, 0.25) is 0 Å². The number of carbonyl (C=O) groups is 1. The number of benzene rings is 1. The van der Waals surface area contributed by atoms with Crippen molar-refractivity contribution in [1.29, 1.82) is 0 Å². The van der Waals surface area contributed by atoms with Gasteiger partial charge in [0.05, 0.1) is 6.54 Å². The second kappa shape index (κ2) is 6.30. The molecule has 3 aromatic rings. The summed E-state index contributed by atoms with van der Waals surface area (Å²) in [5.41, 5.74) is 0.678. The number of rotatable bonds is 4. The average Bonchev–Trinajstić information content (AvgIpc) is 3.01. The van der Waals surface area contributed by atoms with Gasteiger partial charge in [0, 0.05) is 29.6 Å². The predicted molar refractivity (Wildman–Crippen MR) is 77.1 cm³/mol. The lowest BCUT2D eigenvalue weighted by atomic mass is 10.2. The molecule has 116 valence electrons. The summed E-state index contributed by atoms with van der Waals surface area (Å²) >= 11 is 0. The number of H-pyrrole nitrogens is 1. The zero-order valence-corrected chi connectivity index (χ0v) is 11.8. The molecule has 0 bridgehead atoms. The summed E-state index contributed by atoms with van der Waals surface area (Å²) in [4.78, 5) is 20.0. The van der Waals surface area contributed by atoms with Gasteiger partial charge >= 0.3 is 0 Å². The molecule has 0 aliphatic heterocycles. The highest BCUT2D eigenvalue weighted by Gasteiger charge is 2.11. The summed E-state index contributed by atoms with van der Waals surface area (Å²) < 4.78 is 26.2. The minimum Gasteiger partial charge on any atom is -0.345 e. The number of aromatic nitrogens is 4. The number of carbonyl (C=O) groups excluding carboxylic acids is 1. The minimum atomic E-state index is -0.810. The lowest BCUT2D eigenvalue weighted by molar-refractivity contribution is 0.0949. The minimum absolute atomic E-state index is 0.0506. The van der Waals surface area contributed by atoms with Gasteiger partial charge in [-0.3, -0.25) is 14.9 Å². The maximum atomic E-state index is 13.1. The molecule has 0 aliphatic carbocycles. The van der Waals surface area contributed by atoms with E-state index in [9.17, 15) is 13.6 Å². The van der Waals surface area contributed by atoms with E-state index in [1.54, 1.807) is 24.5 Å². The molecule has 6 nitrogen and oxygen atoms in total. The zero-order valence-electron chi connectivity index (χ0n) is 11.8. The summed E-state index contributed by atoms with van der Waals surface area (Å²) in [7, 11) is 0. The van der Waals surface area contributed by atoms with E-state index < -0.39 is 17.5 Å². The first-order valence-electron chi connectivity index (χ1n) is 6.68. The van der Waals surface area contributed by atoms with Crippen LogP contribution in [0.5, 0.6) is 0 Å². The topological polar surface area (TPSA) is 83.6 Å². The van der Waals surface area contributed by atoms with Crippen LogP contribution in [0.4, 0.5) is 8.78 Å². The van der Waals surface area contributed by atoms with E-state index in [0.29, 0.717) is 17.7 Å². The van der Waals surface area contributed by atoms with Gasteiger partial charge < -0.3 is 5.32 Å². The Morgan fingerprint density at radius 3 is 2.52 bits per heavy atom. The Morgan fingerprint density at radius 2 is 1.83 bits per heavy atom. The fourth-order valence-electron chi connectivity index (χ4n) is 1.96. The maximum absolute atomic E-state index is 13.1. The first-order chi connectivity index (χ1) is 11.1. The van der Waals surface area contributed by atoms with Gasteiger partial charge in [0.1, 0.15) is 17.5 Å². The molecule has 0 fully saturated rings. The number of nitrogens with one attached hydrogen (secondary N) is 2. The smallest absolute Gasteiger partial charge is 0.251 e. The Bertz CT molecular complexity index is 815. The molecule has 2 aromatic heterocycles. The third-order valence-corrected chi connectivity index (χ3v) is 3.01. The van der Waals surface area contributed by atoms with Crippen LogP contribution in [0.25, 0.3) is 11.4 Å². The standard InChI is InChI=1S/C15H11F2N5O/c16-11-5-10(6-12(17)7-11)15(23)19-8-13-20-14(22-21-13)9-1-3-18-4-2-9/h1-7H,8H2,(H,19,23)(H,20,21,22). The molecule has 23 heavy (non-hydrogen) atoms. The summed E-state index contributed by atoms with van der Waals surface area (Å²) in [5, 5.41) is 9.24. The van der Waals surface area contributed by atoms with Crippen molar-refractivity contribution in [3.05, 3.63) is 65.7 Å². The van der Waals surface area contributed by atoms with E-state index in [1.807, 2.05) is 0 Å². The number of hydrogen-bond donors (Lipinski definition) is 2. The van der Waals surface area contributed by atoms with E-state index in [2.05, 4.69) is 25.5 Å². The molecular weight excluding hydrogens is 304 g/mol. The number of halogens is 2. The van der Waals surface area contributed by atoms with Gasteiger partial charge in [-0.15, -0.1) is 0 Å². The van der Waals surface area contributed by atoms with Crippen LogP contribution in [0.3, 0.4) is 0 Å². The molecule has 0 atom stereocenters. The molecule has 0 radical (unpaired) electrons. The number of nitrogens with zero attached hydrogens (tertiary/aromatic N) is 3. The number of pyridine rings is 1. The molecule has 2 N–H and O–H groups in total. The van der Waals surface area contributed by atoms with Gasteiger partial charge in [-0.05, 0) is 24.3 Å². The Balaban J connectivity index is 1.67. The predicted octanol–water partition coefficient (Wildman–Crippen LogP) is 2.07. The van der Waals surface area contributed by atoms with E-state index in [-0.39, 0.29) is 12.1 Å². The Labute approximate surface area is 129 Å². The van der Waals surface area contributed by atoms with Crippen molar-refractivity contribution >= 4 is 5.91 Å².